The van der Waals surface area contributed by atoms with Crippen molar-refractivity contribution in [3.8, 4) is 5.75 Å². The van der Waals surface area contributed by atoms with Crippen molar-refractivity contribution in [1.82, 2.24) is 0 Å². The second-order valence-electron chi connectivity index (χ2n) is 2.51. The predicted molar refractivity (Wildman–Crippen MR) is 40.7 cm³/mol. The Balaban J connectivity index is 3.03. The van der Waals surface area contributed by atoms with E-state index in [-0.39, 0.29) is 5.56 Å². The minimum absolute atomic E-state index is 0.0512. The number of halogens is 1. The number of rotatable bonds is 2. The molecule has 0 saturated heterocycles. The van der Waals surface area contributed by atoms with Gasteiger partial charge in [-0.25, -0.2) is 14.3 Å². The average molecular weight is 184 g/mol. The zero-order chi connectivity index (χ0) is 10.0. The quantitative estimate of drug-likeness (QED) is 0.701. The Kier molecular flexibility index (Phi) is 2.48. The molecule has 0 spiro atoms. The molecule has 5 heteroatoms. The van der Waals surface area contributed by atoms with E-state index in [1.165, 1.54) is 6.07 Å². The van der Waals surface area contributed by atoms with Crippen LogP contribution in [-0.4, -0.2) is 11.1 Å². The fourth-order valence-corrected chi connectivity index (χ4v) is 0.853. The van der Waals surface area contributed by atoms with Crippen LogP contribution in [0.2, 0.25) is 0 Å². The summed E-state index contributed by atoms with van der Waals surface area (Å²) in [4.78, 5) is 10.3. The van der Waals surface area contributed by atoms with Crippen LogP contribution in [0.1, 0.15) is 11.6 Å². The molecular formula is C8H7FNO3. The van der Waals surface area contributed by atoms with Crippen molar-refractivity contribution in [2.24, 2.45) is 5.73 Å². The molecule has 1 aromatic rings. The number of hydrogen-bond acceptors (Lipinski definition) is 3. The van der Waals surface area contributed by atoms with Gasteiger partial charge < -0.3 is 10.8 Å². The Morgan fingerprint density at radius 1 is 1.54 bits per heavy atom. The normalized spacial score (nSPS) is 12.5. The monoisotopic (exact) mass is 184 g/mol. The second-order valence-corrected chi connectivity index (χ2v) is 2.51. The Hall–Kier alpha value is -1.62. The highest BCUT2D eigenvalue weighted by atomic mass is 19.1. The third-order valence-electron chi connectivity index (χ3n) is 1.58. The van der Waals surface area contributed by atoms with Crippen LogP contribution < -0.4 is 5.73 Å². The number of hydrogen-bond donors (Lipinski definition) is 2. The summed E-state index contributed by atoms with van der Waals surface area (Å²) >= 11 is 0. The predicted octanol–water partition coefficient (Wildman–Crippen LogP) is 0.488. The first kappa shape index (κ1) is 9.47. The van der Waals surface area contributed by atoms with E-state index in [2.05, 4.69) is 0 Å². The standard InChI is InChI=1S/C8H7FNO3/c9-5-3-4(1-2-6(5)11)7(10)8(12)13/h1-3,7,11H,10H2. The number of nitrogens with two attached hydrogens (primary N) is 1. The van der Waals surface area contributed by atoms with E-state index in [4.69, 9.17) is 10.8 Å². The number of carbonyl (C=O) groups is 1. The van der Waals surface area contributed by atoms with E-state index in [9.17, 15) is 14.3 Å². The summed E-state index contributed by atoms with van der Waals surface area (Å²) in [5.41, 5.74) is 5.20. The van der Waals surface area contributed by atoms with Crippen molar-refractivity contribution in [1.29, 1.82) is 0 Å². The maximum Gasteiger partial charge on any atom is 0.376 e. The van der Waals surface area contributed by atoms with E-state index in [0.29, 0.717) is 0 Å². The molecule has 1 radical (unpaired) electrons. The van der Waals surface area contributed by atoms with Gasteiger partial charge in [-0.15, -0.1) is 0 Å². The molecule has 1 unspecified atom stereocenters. The highest BCUT2D eigenvalue weighted by Crippen LogP contribution is 2.19. The van der Waals surface area contributed by atoms with Crippen LogP contribution in [0, 0.1) is 5.82 Å². The lowest BCUT2D eigenvalue weighted by Crippen LogP contribution is -2.19. The summed E-state index contributed by atoms with van der Waals surface area (Å²) in [6.07, 6.45) is 0. The Labute approximate surface area is 73.4 Å². The largest absolute Gasteiger partial charge is 0.505 e. The molecule has 0 saturated carbocycles. The molecule has 0 aliphatic carbocycles. The Morgan fingerprint density at radius 3 is 2.62 bits per heavy atom. The molecule has 0 amide bonds. The van der Waals surface area contributed by atoms with E-state index in [1.54, 1.807) is 0 Å². The molecule has 0 fully saturated rings. The van der Waals surface area contributed by atoms with Gasteiger partial charge in [-0.05, 0) is 17.7 Å². The van der Waals surface area contributed by atoms with Crippen LogP contribution in [-0.2, 0) is 9.90 Å². The molecule has 1 aromatic carbocycles. The summed E-state index contributed by atoms with van der Waals surface area (Å²) < 4.78 is 12.7. The van der Waals surface area contributed by atoms with Gasteiger partial charge in [0.1, 0.15) is 6.04 Å². The second kappa shape index (κ2) is 3.40. The number of benzene rings is 1. The summed E-state index contributed by atoms with van der Waals surface area (Å²) in [7, 11) is 0. The van der Waals surface area contributed by atoms with Gasteiger partial charge >= 0.3 is 5.97 Å². The van der Waals surface area contributed by atoms with Gasteiger partial charge in [-0.3, -0.25) is 0 Å². The van der Waals surface area contributed by atoms with Crippen LogP contribution in [0.5, 0.6) is 5.75 Å². The van der Waals surface area contributed by atoms with Crippen molar-refractivity contribution in [3.63, 3.8) is 0 Å². The van der Waals surface area contributed by atoms with E-state index < -0.39 is 23.6 Å². The van der Waals surface area contributed by atoms with Crippen LogP contribution in [0.15, 0.2) is 18.2 Å². The molecule has 13 heavy (non-hydrogen) atoms. The minimum atomic E-state index is -1.50. The van der Waals surface area contributed by atoms with Crippen molar-refractivity contribution in [2.75, 3.05) is 0 Å². The Morgan fingerprint density at radius 2 is 2.15 bits per heavy atom. The molecule has 69 valence electrons. The zero-order valence-electron chi connectivity index (χ0n) is 6.53. The van der Waals surface area contributed by atoms with Crippen LogP contribution in [0.3, 0.4) is 0 Å². The first-order valence-electron chi connectivity index (χ1n) is 3.47. The topological polar surface area (TPSA) is 83.2 Å². The lowest BCUT2D eigenvalue weighted by molar-refractivity contribution is -0.144. The number of phenols is 1. The maximum atomic E-state index is 12.7. The molecule has 4 nitrogen and oxygen atoms in total. The van der Waals surface area contributed by atoms with Crippen molar-refractivity contribution in [3.05, 3.63) is 29.6 Å². The fraction of sp³-hybridized carbons (Fsp3) is 0.125. The van der Waals surface area contributed by atoms with Gasteiger partial charge in [0.25, 0.3) is 0 Å². The lowest BCUT2D eigenvalue weighted by atomic mass is 10.1. The van der Waals surface area contributed by atoms with Gasteiger partial charge in [0.2, 0.25) is 0 Å². The van der Waals surface area contributed by atoms with Crippen molar-refractivity contribution < 1.29 is 19.4 Å². The molecule has 0 aliphatic heterocycles. The van der Waals surface area contributed by atoms with E-state index in [1.807, 2.05) is 0 Å². The van der Waals surface area contributed by atoms with E-state index >= 15 is 0 Å². The van der Waals surface area contributed by atoms with Crippen molar-refractivity contribution in [2.45, 2.75) is 6.04 Å². The van der Waals surface area contributed by atoms with Crippen molar-refractivity contribution >= 4 is 5.97 Å². The smallest absolute Gasteiger partial charge is 0.376 e. The van der Waals surface area contributed by atoms with E-state index in [0.717, 1.165) is 12.1 Å². The number of phenolic OH excluding ortho intramolecular Hbond substituents is 1. The third-order valence-corrected chi connectivity index (χ3v) is 1.58. The first-order valence-corrected chi connectivity index (χ1v) is 3.47. The summed E-state index contributed by atoms with van der Waals surface area (Å²) in [6, 6.07) is 1.73. The molecule has 0 aromatic heterocycles. The van der Waals surface area contributed by atoms with Gasteiger partial charge in [-0.1, -0.05) is 6.07 Å². The summed E-state index contributed by atoms with van der Waals surface area (Å²) in [5, 5.41) is 19.1. The third kappa shape index (κ3) is 1.94. The molecule has 3 N–H and O–H groups in total. The first-order chi connectivity index (χ1) is 6.02. The fourth-order valence-electron chi connectivity index (χ4n) is 0.853. The maximum absolute atomic E-state index is 12.7. The SMILES string of the molecule is NC(C([O])=O)c1ccc(O)c(F)c1. The molecule has 0 bridgehead atoms. The summed E-state index contributed by atoms with van der Waals surface area (Å²) in [5.74, 6) is -2.95. The van der Waals surface area contributed by atoms with Gasteiger partial charge in [-0.2, -0.15) is 0 Å². The van der Waals surface area contributed by atoms with Gasteiger partial charge in [0.15, 0.2) is 11.6 Å². The van der Waals surface area contributed by atoms with Crippen LogP contribution in [0.4, 0.5) is 4.39 Å². The van der Waals surface area contributed by atoms with Gasteiger partial charge in [0, 0.05) is 0 Å². The molecule has 0 heterocycles. The molecule has 0 aliphatic rings. The summed E-state index contributed by atoms with van der Waals surface area (Å²) in [6.45, 7) is 0. The molecular weight excluding hydrogens is 177 g/mol. The van der Waals surface area contributed by atoms with Gasteiger partial charge in [0.05, 0.1) is 0 Å². The average Bonchev–Trinajstić information content (AvgIpc) is 2.08. The Bertz CT molecular complexity index is 340. The lowest BCUT2D eigenvalue weighted by Gasteiger charge is -2.05. The minimum Gasteiger partial charge on any atom is -0.505 e. The molecule has 1 rings (SSSR count). The highest BCUT2D eigenvalue weighted by molar-refractivity contribution is 5.74. The van der Waals surface area contributed by atoms with Crippen LogP contribution >= 0.6 is 0 Å². The zero-order valence-corrected chi connectivity index (χ0v) is 6.53. The molecule has 1 atom stereocenters. The highest BCUT2D eigenvalue weighted by Gasteiger charge is 2.17. The number of aromatic hydroxyl groups is 1. The van der Waals surface area contributed by atoms with Crippen LogP contribution in [0.25, 0.3) is 0 Å². The number of carbonyl (C=O) groups excluding carboxylic acids is 1.